The number of phenolic OH excluding ortho intramolecular Hbond substituents is 6. The van der Waals surface area contributed by atoms with Crippen molar-refractivity contribution in [2.45, 2.75) is 11.8 Å². The molecule has 4 aromatic carbocycles. The van der Waals surface area contributed by atoms with E-state index in [0.717, 1.165) is 12.1 Å². The van der Waals surface area contributed by atoms with E-state index >= 15 is 0 Å². The molecule has 1 aliphatic carbocycles. The number of hydrogen-bond acceptors (Lipinski definition) is 8. The summed E-state index contributed by atoms with van der Waals surface area (Å²) in [7, 11) is 0. The van der Waals surface area contributed by atoms with Gasteiger partial charge in [0.05, 0.1) is 11.1 Å². The van der Waals surface area contributed by atoms with Gasteiger partial charge in [-0.3, -0.25) is 9.59 Å². The molecule has 1 aliphatic rings. The third-order valence-corrected chi connectivity index (χ3v) is 7.20. The van der Waals surface area contributed by atoms with Gasteiger partial charge in [0.1, 0.15) is 34.5 Å². The number of benzene rings is 4. The number of ketones is 2. The largest absolute Gasteiger partial charge is 0.508 e. The fourth-order valence-corrected chi connectivity index (χ4v) is 5.44. The first-order valence-electron chi connectivity index (χ1n) is 11.9. The molecule has 0 saturated heterocycles. The predicted octanol–water partition coefficient (Wildman–Crippen LogP) is 4.80. The van der Waals surface area contributed by atoms with Gasteiger partial charge in [-0.1, -0.05) is 24.3 Å². The van der Waals surface area contributed by atoms with Gasteiger partial charge in [0.15, 0.2) is 11.6 Å². The number of hydrogen-bond donors (Lipinski definition) is 6. The van der Waals surface area contributed by atoms with E-state index in [1.165, 1.54) is 48.5 Å². The number of aromatic hydroxyl groups is 6. The SMILES string of the molecule is O=C(c1ccc(O)cc1O)[C@H]1[C@H](C(=O)c2ccc(O)cc2O)[C@@H](c2ccc(O)cc2)[C@@H]1c1ccc(O)cc1. The number of rotatable bonds is 6. The standard InChI is InChI=1S/C30H24O8/c31-17-5-1-15(2-6-17)25-26(16-3-7-18(32)8-4-16)28(30(38)22-12-10-20(34)14-24(22)36)27(25)29(37)21-11-9-19(33)13-23(21)35/h1-14,25-28,31-36H/t25-,26-,27+,28+/m0/s1. The van der Waals surface area contributed by atoms with E-state index in [0.29, 0.717) is 11.1 Å². The third kappa shape index (κ3) is 4.26. The maximum atomic E-state index is 13.9. The monoisotopic (exact) mass is 512 g/mol. The summed E-state index contributed by atoms with van der Waals surface area (Å²) in [6.45, 7) is 0. The van der Waals surface area contributed by atoms with E-state index in [-0.39, 0.29) is 34.1 Å². The van der Waals surface area contributed by atoms with Gasteiger partial charge in [-0.05, 0) is 59.7 Å². The normalized spacial score (nSPS) is 20.4. The molecule has 4 atom stereocenters. The van der Waals surface area contributed by atoms with Crippen molar-refractivity contribution in [3.63, 3.8) is 0 Å². The van der Waals surface area contributed by atoms with Crippen LogP contribution in [0.1, 0.15) is 43.7 Å². The first-order valence-corrected chi connectivity index (χ1v) is 11.9. The lowest BCUT2D eigenvalue weighted by molar-refractivity contribution is 0.0452. The van der Waals surface area contributed by atoms with Gasteiger partial charge < -0.3 is 30.6 Å². The fourth-order valence-electron chi connectivity index (χ4n) is 5.44. The molecule has 0 heterocycles. The Labute approximate surface area is 217 Å². The van der Waals surface area contributed by atoms with Crippen molar-refractivity contribution in [2.75, 3.05) is 0 Å². The number of carbonyl (C=O) groups is 2. The van der Waals surface area contributed by atoms with Crippen molar-refractivity contribution >= 4 is 11.6 Å². The van der Waals surface area contributed by atoms with Gasteiger partial charge >= 0.3 is 0 Å². The predicted molar refractivity (Wildman–Crippen MR) is 137 cm³/mol. The minimum absolute atomic E-state index is 0.0231. The third-order valence-electron chi connectivity index (χ3n) is 7.20. The average molecular weight is 513 g/mol. The van der Waals surface area contributed by atoms with Crippen LogP contribution in [0, 0.1) is 11.8 Å². The molecule has 0 aliphatic heterocycles. The van der Waals surface area contributed by atoms with E-state index in [9.17, 15) is 40.2 Å². The van der Waals surface area contributed by atoms with Crippen molar-refractivity contribution in [2.24, 2.45) is 11.8 Å². The molecule has 0 amide bonds. The van der Waals surface area contributed by atoms with Crippen LogP contribution in [-0.4, -0.2) is 42.2 Å². The van der Waals surface area contributed by atoms with Crippen LogP contribution in [-0.2, 0) is 0 Å². The molecule has 0 spiro atoms. The van der Waals surface area contributed by atoms with E-state index < -0.39 is 46.7 Å². The Morgan fingerprint density at radius 2 is 0.763 bits per heavy atom. The van der Waals surface area contributed by atoms with Crippen molar-refractivity contribution in [1.82, 2.24) is 0 Å². The lowest BCUT2D eigenvalue weighted by Crippen LogP contribution is -2.51. The molecule has 6 N–H and O–H groups in total. The Hall–Kier alpha value is -4.98. The van der Waals surface area contributed by atoms with Gasteiger partial charge in [-0.25, -0.2) is 0 Å². The Morgan fingerprint density at radius 3 is 1.08 bits per heavy atom. The van der Waals surface area contributed by atoms with Gasteiger partial charge in [0.2, 0.25) is 0 Å². The van der Waals surface area contributed by atoms with Crippen molar-refractivity contribution < 1.29 is 40.2 Å². The van der Waals surface area contributed by atoms with Crippen LogP contribution in [0.15, 0.2) is 84.9 Å². The highest BCUT2D eigenvalue weighted by Crippen LogP contribution is 2.60. The van der Waals surface area contributed by atoms with Crippen LogP contribution < -0.4 is 0 Å². The molecule has 0 aromatic heterocycles. The minimum atomic E-state index is -0.991. The summed E-state index contributed by atoms with van der Waals surface area (Å²) in [5, 5.41) is 60.1. The van der Waals surface area contributed by atoms with Crippen LogP contribution in [0.3, 0.4) is 0 Å². The van der Waals surface area contributed by atoms with Gasteiger partial charge in [-0.15, -0.1) is 0 Å². The maximum Gasteiger partial charge on any atom is 0.171 e. The number of Topliss-reactive ketones (excluding diaryl/α,β-unsaturated/α-hetero) is 2. The van der Waals surface area contributed by atoms with Crippen LogP contribution in [0.5, 0.6) is 34.5 Å². The van der Waals surface area contributed by atoms with Gasteiger partial charge in [-0.2, -0.15) is 0 Å². The molecular formula is C30H24O8. The molecule has 0 unspecified atom stereocenters. The maximum absolute atomic E-state index is 13.9. The summed E-state index contributed by atoms with van der Waals surface area (Å²) in [4.78, 5) is 27.9. The van der Waals surface area contributed by atoms with Crippen LogP contribution >= 0.6 is 0 Å². The zero-order valence-corrected chi connectivity index (χ0v) is 19.9. The highest BCUT2D eigenvalue weighted by molar-refractivity contribution is 6.09. The molecule has 38 heavy (non-hydrogen) atoms. The molecule has 1 saturated carbocycles. The Kier molecular flexibility index (Phi) is 6.16. The van der Waals surface area contributed by atoms with Crippen molar-refractivity contribution in [1.29, 1.82) is 0 Å². The molecule has 8 heteroatoms. The van der Waals surface area contributed by atoms with E-state index in [2.05, 4.69) is 0 Å². The number of phenols is 6. The average Bonchev–Trinajstić information content (AvgIpc) is 2.85. The summed E-state index contributed by atoms with van der Waals surface area (Å²) in [5.74, 6) is -5.49. The molecule has 0 radical (unpaired) electrons. The van der Waals surface area contributed by atoms with Gasteiger partial charge in [0, 0.05) is 35.8 Å². The summed E-state index contributed by atoms with van der Waals surface area (Å²) < 4.78 is 0. The molecule has 4 aromatic rings. The smallest absolute Gasteiger partial charge is 0.171 e. The van der Waals surface area contributed by atoms with Crippen LogP contribution in [0.4, 0.5) is 0 Å². The topological polar surface area (TPSA) is 156 Å². The molecule has 192 valence electrons. The second-order valence-corrected chi connectivity index (χ2v) is 9.42. The quantitative estimate of drug-likeness (QED) is 0.201. The summed E-state index contributed by atoms with van der Waals surface area (Å²) in [5.41, 5.74) is 1.18. The fraction of sp³-hybridized carbons (Fsp3) is 0.133. The highest BCUT2D eigenvalue weighted by Gasteiger charge is 2.58. The van der Waals surface area contributed by atoms with E-state index in [1.807, 2.05) is 0 Å². The summed E-state index contributed by atoms with van der Waals surface area (Å²) >= 11 is 0. The molecular weight excluding hydrogens is 488 g/mol. The second kappa shape index (κ2) is 9.48. The lowest BCUT2D eigenvalue weighted by Gasteiger charge is -2.51. The first kappa shape index (κ1) is 24.7. The lowest BCUT2D eigenvalue weighted by atomic mass is 9.49. The van der Waals surface area contributed by atoms with Crippen LogP contribution in [0.2, 0.25) is 0 Å². The Morgan fingerprint density at radius 1 is 0.447 bits per heavy atom. The highest BCUT2D eigenvalue weighted by atomic mass is 16.3. The second-order valence-electron chi connectivity index (χ2n) is 9.42. The van der Waals surface area contributed by atoms with Gasteiger partial charge in [0.25, 0.3) is 0 Å². The molecule has 5 rings (SSSR count). The van der Waals surface area contributed by atoms with Crippen molar-refractivity contribution in [3.8, 4) is 34.5 Å². The first-order chi connectivity index (χ1) is 18.2. The van der Waals surface area contributed by atoms with Crippen LogP contribution in [0.25, 0.3) is 0 Å². The Bertz CT molecular complexity index is 1410. The van der Waals surface area contributed by atoms with Crippen molar-refractivity contribution in [3.05, 3.63) is 107 Å². The molecule has 8 nitrogen and oxygen atoms in total. The zero-order chi connectivity index (χ0) is 27.1. The zero-order valence-electron chi connectivity index (χ0n) is 19.9. The number of carbonyl (C=O) groups excluding carboxylic acids is 2. The molecule has 0 bridgehead atoms. The van der Waals surface area contributed by atoms with E-state index in [4.69, 9.17) is 0 Å². The van der Waals surface area contributed by atoms with E-state index in [1.54, 1.807) is 24.3 Å². The minimum Gasteiger partial charge on any atom is -0.508 e. The summed E-state index contributed by atoms with van der Waals surface area (Å²) in [6, 6.07) is 19.7. The summed E-state index contributed by atoms with van der Waals surface area (Å²) in [6.07, 6.45) is 0. The molecule has 1 fully saturated rings. The Balaban J connectivity index is 1.68.